The summed E-state index contributed by atoms with van der Waals surface area (Å²) in [6.07, 6.45) is -11.4. The summed E-state index contributed by atoms with van der Waals surface area (Å²) in [4.78, 5) is 10.5. The van der Waals surface area contributed by atoms with E-state index in [2.05, 4.69) is 0 Å². The summed E-state index contributed by atoms with van der Waals surface area (Å²) >= 11 is 0. The summed E-state index contributed by atoms with van der Waals surface area (Å²) in [5.41, 5.74) is 0.0806. The molecule has 1 aromatic carbocycles. The lowest BCUT2D eigenvalue weighted by molar-refractivity contribution is -0.461. The third-order valence-electron chi connectivity index (χ3n) is 4.71. The van der Waals surface area contributed by atoms with Crippen molar-refractivity contribution in [3.05, 3.63) is 29.8 Å². The number of benzene rings is 1. The Balaban J connectivity index is 3.21. The van der Waals surface area contributed by atoms with Gasteiger partial charge in [-0.1, -0.05) is 0 Å². The number of carbonyl (C=O) groups excluding carboxylic acids is 1. The normalized spacial score (nSPS) is 15.1. The van der Waals surface area contributed by atoms with Crippen LogP contribution in [0, 0.1) is 0 Å². The molecule has 0 saturated carbocycles. The fourth-order valence-corrected chi connectivity index (χ4v) is 2.48. The molecule has 1 rings (SSSR count). The Morgan fingerprint density at radius 3 is 1.32 bits per heavy atom. The Morgan fingerprint density at radius 1 is 0.568 bits per heavy atom. The van der Waals surface area contributed by atoms with E-state index in [-0.39, 0.29) is 11.3 Å². The van der Waals surface area contributed by atoms with Crippen LogP contribution < -0.4 is 4.74 Å². The third-order valence-corrected chi connectivity index (χ3v) is 4.71. The molecule has 1 aromatic rings. The van der Waals surface area contributed by atoms with E-state index in [1.165, 1.54) is 0 Å². The van der Waals surface area contributed by atoms with Gasteiger partial charge in [0.15, 0.2) is 0 Å². The molecule has 0 aliphatic carbocycles. The zero-order valence-electron chi connectivity index (χ0n) is 17.2. The van der Waals surface area contributed by atoms with Crippen molar-refractivity contribution < 1.29 is 84.2 Å². The topological polar surface area (TPSA) is 26.3 Å². The summed E-state index contributed by atoms with van der Waals surface area (Å²) in [5.74, 6) is -56.6. The van der Waals surface area contributed by atoms with Crippen LogP contribution in [-0.2, 0) is 0 Å². The van der Waals surface area contributed by atoms with Crippen LogP contribution in [0.2, 0.25) is 0 Å². The first-order chi connectivity index (χ1) is 16.3. The highest BCUT2D eigenvalue weighted by Gasteiger charge is 2.95. The molecule has 0 saturated heterocycles. The van der Waals surface area contributed by atoms with Gasteiger partial charge in [-0.15, -0.1) is 0 Å². The van der Waals surface area contributed by atoms with Gasteiger partial charge in [0.05, 0.1) is 6.61 Å². The highest BCUT2D eigenvalue weighted by atomic mass is 19.4. The number of alkyl halides is 17. The maximum absolute atomic E-state index is 13.7. The average molecular weight is 582 g/mol. The number of ether oxygens (including phenoxy) is 1. The number of rotatable bonds is 12. The van der Waals surface area contributed by atoms with Gasteiger partial charge < -0.3 is 4.74 Å². The Morgan fingerprint density at radius 2 is 0.946 bits per heavy atom. The van der Waals surface area contributed by atoms with Crippen LogP contribution in [0.25, 0.3) is 0 Å². The van der Waals surface area contributed by atoms with Gasteiger partial charge in [-0.3, -0.25) is 4.79 Å². The van der Waals surface area contributed by atoms with E-state index in [1.54, 1.807) is 0 Å². The molecule has 0 bridgehead atoms. The minimum absolute atomic E-state index is 0.0806. The predicted octanol–water partition coefficient (Wildman–Crippen LogP) is 7.67. The lowest BCUT2D eigenvalue weighted by Gasteiger charge is -2.42. The van der Waals surface area contributed by atoms with Crippen LogP contribution >= 0.6 is 0 Å². The summed E-state index contributed by atoms with van der Waals surface area (Å²) in [6.45, 7) is -1.06. The fraction of sp³-hybridized carbons (Fsp3) is 0.611. The van der Waals surface area contributed by atoms with E-state index in [0.29, 0.717) is 6.29 Å². The number of carbonyl (C=O) groups is 1. The van der Waals surface area contributed by atoms with Crippen LogP contribution in [0.1, 0.15) is 23.2 Å². The second-order valence-corrected chi connectivity index (χ2v) is 7.29. The molecule has 214 valence electrons. The van der Waals surface area contributed by atoms with Crippen LogP contribution in [0.4, 0.5) is 74.6 Å². The van der Waals surface area contributed by atoms with Gasteiger partial charge >= 0.3 is 47.6 Å². The molecule has 0 N–H and O–H groups in total. The Labute approximate surface area is 194 Å². The van der Waals surface area contributed by atoms with Crippen molar-refractivity contribution in [2.24, 2.45) is 0 Å². The monoisotopic (exact) mass is 582 g/mol. The Hall–Kier alpha value is -2.50. The van der Waals surface area contributed by atoms with Gasteiger partial charge in [0.25, 0.3) is 0 Å². The van der Waals surface area contributed by atoms with Crippen molar-refractivity contribution in [3.63, 3.8) is 0 Å². The minimum Gasteiger partial charge on any atom is -0.494 e. The van der Waals surface area contributed by atoms with Crippen LogP contribution in [-0.4, -0.2) is 60.5 Å². The van der Waals surface area contributed by atoms with E-state index >= 15 is 0 Å². The van der Waals surface area contributed by atoms with Crippen molar-refractivity contribution >= 4 is 6.29 Å². The molecule has 0 heterocycles. The molecule has 0 unspecified atom stereocenters. The largest absolute Gasteiger partial charge is 0.494 e. The van der Waals surface area contributed by atoms with Crippen LogP contribution in [0.3, 0.4) is 0 Å². The third kappa shape index (κ3) is 5.13. The Kier molecular flexibility index (Phi) is 8.50. The average Bonchev–Trinajstić information content (AvgIpc) is 2.75. The molecule has 2 nitrogen and oxygen atoms in total. The summed E-state index contributed by atoms with van der Waals surface area (Å²) in [7, 11) is 0. The lowest BCUT2D eigenvalue weighted by atomic mass is 9.88. The zero-order chi connectivity index (χ0) is 29.5. The van der Waals surface area contributed by atoms with Gasteiger partial charge in [-0.2, -0.15) is 74.6 Å². The van der Waals surface area contributed by atoms with Crippen molar-refractivity contribution in [1.29, 1.82) is 0 Å². The molecule has 0 aliphatic rings. The first kappa shape index (κ1) is 32.5. The second-order valence-electron chi connectivity index (χ2n) is 7.29. The number of hydrogen-bond donors (Lipinski definition) is 0. The minimum atomic E-state index is -8.64. The standard InChI is InChI=1S/C18H11F17O2/c19-11(20,6-1-7-37-10-4-2-9(8-36)3-5-10)12(21,22)13(23,24)14(25,26)15(27,28)16(29,30)17(31,32)18(33,34)35/h2-5,8H,1,6-7H2. The Bertz CT molecular complexity index is 935. The molecule has 0 aliphatic heterocycles. The predicted molar refractivity (Wildman–Crippen MR) is 87.2 cm³/mol. The highest BCUT2D eigenvalue weighted by Crippen LogP contribution is 2.64. The molecule has 0 atom stereocenters. The first-order valence-electron chi connectivity index (χ1n) is 9.15. The quantitative estimate of drug-likeness (QED) is 0.144. The highest BCUT2D eigenvalue weighted by molar-refractivity contribution is 5.74. The van der Waals surface area contributed by atoms with Crippen LogP contribution in [0.15, 0.2) is 24.3 Å². The first-order valence-corrected chi connectivity index (χ1v) is 9.15. The summed E-state index contributed by atoms with van der Waals surface area (Å²) < 4.78 is 229. The lowest BCUT2D eigenvalue weighted by Crippen LogP contribution is -2.74. The van der Waals surface area contributed by atoms with Gasteiger partial charge in [-0.25, -0.2) is 0 Å². The summed E-state index contributed by atoms with van der Waals surface area (Å²) in [6, 6.07) is 4.27. The maximum atomic E-state index is 13.7. The molecule has 0 aromatic heterocycles. The number of halogens is 17. The van der Waals surface area contributed by atoms with Gasteiger partial charge in [0.2, 0.25) is 0 Å². The molecule has 0 radical (unpaired) electrons. The van der Waals surface area contributed by atoms with E-state index < -0.39 is 67.1 Å². The SMILES string of the molecule is O=Cc1ccc(OCCCC(F)(F)C(F)(F)C(F)(F)C(F)(F)C(F)(F)C(F)(F)C(F)(F)C(F)(F)F)cc1. The molecule has 0 fully saturated rings. The molecule has 0 amide bonds. The smallest absolute Gasteiger partial charge is 0.460 e. The number of hydrogen-bond acceptors (Lipinski definition) is 2. The number of aldehydes is 1. The maximum Gasteiger partial charge on any atom is 0.460 e. The van der Waals surface area contributed by atoms with Gasteiger partial charge in [0, 0.05) is 12.0 Å². The second kappa shape index (κ2) is 9.67. The van der Waals surface area contributed by atoms with Crippen LogP contribution in [0.5, 0.6) is 5.75 Å². The molecular formula is C18H11F17O2. The van der Waals surface area contributed by atoms with Crippen molar-refractivity contribution in [3.8, 4) is 5.75 Å². The van der Waals surface area contributed by atoms with Gasteiger partial charge in [0.1, 0.15) is 12.0 Å². The molecule has 19 heteroatoms. The molecular weight excluding hydrogens is 571 g/mol. The van der Waals surface area contributed by atoms with E-state index in [4.69, 9.17) is 4.74 Å². The van der Waals surface area contributed by atoms with Gasteiger partial charge in [-0.05, 0) is 30.7 Å². The molecule has 0 spiro atoms. The van der Waals surface area contributed by atoms with Crippen molar-refractivity contribution in [2.45, 2.75) is 60.5 Å². The van der Waals surface area contributed by atoms with E-state index in [0.717, 1.165) is 24.3 Å². The summed E-state index contributed by atoms with van der Waals surface area (Å²) in [5, 5.41) is 0. The molecule has 37 heavy (non-hydrogen) atoms. The van der Waals surface area contributed by atoms with Crippen molar-refractivity contribution in [2.75, 3.05) is 6.61 Å². The fourth-order valence-electron chi connectivity index (χ4n) is 2.48. The van der Waals surface area contributed by atoms with Crippen molar-refractivity contribution in [1.82, 2.24) is 0 Å². The van der Waals surface area contributed by atoms with E-state index in [9.17, 15) is 79.4 Å². The van der Waals surface area contributed by atoms with E-state index in [1.807, 2.05) is 0 Å². The zero-order valence-corrected chi connectivity index (χ0v) is 17.2.